The lowest BCUT2D eigenvalue weighted by Gasteiger charge is -2.05. The third-order valence-electron chi connectivity index (χ3n) is 2.34. The van der Waals surface area contributed by atoms with Crippen LogP contribution in [0.3, 0.4) is 0 Å². The Hall–Kier alpha value is -2.53. The molecule has 22 heavy (non-hydrogen) atoms. The lowest BCUT2D eigenvalue weighted by molar-refractivity contribution is -0.114. The number of carbonyl (C=O) groups is 2. The predicted octanol–water partition coefficient (Wildman–Crippen LogP) is 0.396. The number of nitrogens with zero attached hydrogens (tertiary/aromatic N) is 2. The van der Waals surface area contributed by atoms with Crippen LogP contribution in [0.2, 0.25) is 0 Å². The maximum atomic E-state index is 12.1. The van der Waals surface area contributed by atoms with Gasteiger partial charge in [-0.3, -0.25) is 14.3 Å². The lowest BCUT2D eigenvalue weighted by Crippen LogP contribution is -2.14. The van der Waals surface area contributed by atoms with Crippen LogP contribution < -0.4 is 15.8 Å². The highest BCUT2D eigenvalue weighted by molar-refractivity contribution is 7.94. The van der Waals surface area contributed by atoms with Gasteiger partial charge in [0.25, 0.3) is 14.4 Å². The van der Waals surface area contributed by atoms with Gasteiger partial charge in [0.15, 0.2) is 0 Å². The van der Waals surface area contributed by atoms with E-state index in [2.05, 4.69) is 20.2 Å². The van der Waals surface area contributed by atoms with E-state index in [0.717, 1.165) is 0 Å². The average molecular weight is 341 g/mol. The van der Waals surface area contributed by atoms with Crippen LogP contribution in [0.15, 0.2) is 28.6 Å². The van der Waals surface area contributed by atoms with E-state index >= 15 is 0 Å². The Bertz CT molecular complexity index is 813. The summed E-state index contributed by atoms with van der Waals surface area (Å²) in [5.41, 5.74) is 5.59. The topological polar surface area (TPSA) is 144 Å². The van der Waals surface area contributed by atoms with E-state index in [-0.39, 0.29) is 26.6 Å². The molecule has 11 heteroatoms. The zero-order chi connectivity index (χ0) is 16.3. The third kappa shape index (κ3) is 3.77. The van der Waals surface area contributed by atoms with Gasteiger partial charge >= 0.3 is 0 Å². The Balaban J connectivity index is 2.18. The summed E-state index contributed by atoms with van der Waals surface area (Å²) < 4.78 is 26.2. The van der Waals surface area contributed by atoms with Crippen molar-refractivity contribution in [3.63, 3.8) is 0 Å². The molecule has 0 aliphatic rings. The molecule has 0 aliphatic heterocycles. The number of primary amides is 1. The van der Waals surface area contributed by atoms with Gasteiger partial charge in [0, 0.05) is 18.2 Å². The highest BCUT2D eigenvalue weighted by Crippen LogP contribution is 2.22. The lowest BCUT2D eigenvalue weighted by atomic mass is 10.2. The molecule has 9 nitrogen and oxygen atoms in total. The molecule has 1 aromatic heterocycles. The van der Waals surface area contributed by atoms with Gasteiger partial charge in [-0.25, -0.2) is 0 Å². The van der Waals surface area contributed by atoms with Crippen LogP contribution in [0.25, 0.3) is 0 Å². The second-order valence-corrected chi connectivity index (χ2v) is 6.94. The van der Waals surface area contributed by atoms with Gasteiger partial charge in [0.2, 0.25) is 16.9 Å². The molecule has 0 fully saturated rings. The van der Waals surface area contributed by atoms with Crippen molar-refractivity contribution < 1.29 is 18.0 Å². The number of sulfonamides is 1. The Morgan fingerprint density at radius 2 is 1.82 bits per heavy atom. The molecule has 0 bridgehead atoms. The van der Waals surface area contributed by atoms with Crippen molar-refractivity contribution in [2.75, 3.05) is 10.0 Å². The summed E-state index contributed by atoms with van der Waals surface area (Å²) in [7, 11) is -3.93. The second-order valence-electron chi connectivity index (χ2n) is 4.10. The van der Waals surface area contributed by atoms with E-state index < -0.39 is 15.9 Å². The quantitative estimate of drug-likeness (QED) is 0.671. The van der Waals surface area contributed by atoms with Crippen molar-refractivity contribution in [3.8, 4) is 0 Å². The van der Waals surface area contributed by atoms with Gasteiger partial charge < -0.3 is 11.1 Å². The SMILES string of the molecule is CC(=O)Nc1nnc(S(=O)(=O)Nc2ccc(C(N)=O)cc2)s1. The van der Waals surface area contributed by atoms with E-state index in [1.165, 1.54) is 31.2 Å². The summed E-state index contributed by atoms with van der Waals surface area (Å²) in [5, 5.41) is 9.49. The minimum absolute atomic E-state index is 0.0805. The Morgan fingerprint density at radius 1 is 1.18 bits per heavy atom. The minimum Gasteiger partial charge on any atom is -0.366 e. The molecule has 0 aliphatic carbocycles. The molecule has 2 aromatic rings. The highest BCUT2D eigenvalue weighted by Gasteiger charge is 2.20. The first-order chi connectivity index (χ1) is 10.3. The summed E-state index contributed by atoms with van der Waals surface area (Å²) in [6.45, 7) is 1.27. The van der Waals surface area contributed by atoms with Crippen LogP contribution in [0.4, 0.5) is 10.8 Å². The molecule has 4 N–H and O–H groups in total. The summed E-state index contributed by atoms with van der Waals surface area (Å²) in [6.07, 6.45) is 0. The van der Waals surface area contributed by atoms with E-state index in [9.17, 15) is 18.0 Å². The largest absolute Gasteiger partial charge is 0.366 e. The third-order valence-corrected chi connectivity index (χ3v) is 4.93. The zero-order valence-electron chi connectivity index (χ0n) is 11.2. The number of hydrogen-bond acceptors (Lipinski definition) is 7. The molecule has 2 rings (SSSR count). The van der Waals surface area contributed by atoms with E-state index in [1.54, 1.807) is 0 Å². The summed E-state index contributed by atoms with van der Waals surface area (Å²) >= 11 is 0.717. The molecule has 116 valence electrons. The maximum Gasteiger partial charge on any atom is 0.291 e. The zero-order valence-corrected chi connectivity index (χ0v) is 12.9. The van der Waals surface area contributed by atoms with Gasteiger partial charge in [-0.15, -0.1) is 10.2 Å². The number of benzene rings is 1. The van der Waals surface area contributed by atoms with Crippen LogP contribution in [0.1, 0.15) is 17.3 Å². The van der Waals surface area contributed by atoms with Crippen LogP contribution >= 0.6 is 11.3 Å². The van der Waals surface area contributed by atoms with E-state index in [1.807, 2.05) is 0 Å². The molecule has 2 amide bonds. The molecule has 0 saturated heterocycles. The van der Waals surface area contributed by atoms with Gasteiger partial charge in [-0.2, -0.15) is 8.42 Å². The smallest absolute Gasteiger partial charge is 0.291 e. The maximum absolute atomic E-state index is 12.1. The molecule has 0 radical (unpaired) electrons. The fourth-order valence-corrected chi connectivity index (χ4v) is 3.43. The standard InChI is InChI=1S/C11H11N5O4S2/c1-6(17)13-10-14-15-11(21-10)22(19,20)16-8-4-2-7(3-5-8)9(12)18/h2-5,16H,1H3,(H2,12,18)(H,13,14,17). The van der Waals surface area contributed by atoms with Crippen molar-refractivity contribution in [3.05, 3.63) is 29.8 Å². The normalized spacial score (nSPS) is 11.0. The number of hydrogen-bond donors (Lipinski definition) is 3. The van der Waals surface area contributed by atoms with E-state index in [0.29, 0.717) is 11.3 Å². The van der Waals surface area contributed by atoms with Crippen molar-refractivity contribution in [1.29, 1.82) is 0 Å². The first kappa shape index (κ1) is 15.9. The Kier molecular flexibility index (Phi) is 4.37. The molecule has 1 aromatic carbocycles. The fourth-order valence-electron chi connectivity index (χ4n) is 1.42. The molecule has 0 saturated carbocycles. The van der Waals surface area contributed by atoms with Crippen molar-refractivity contribution in [2.24, 2.45) is 5.73 Å². The number of anilines is 2. The Morgan fingerprint density at radius 3 is 2.36 bits per heavy atom. The van der Waals surface area contributed by atoms with Gasteiger partial charge in [0.1, 0.15) is 0 Å². The van der Waals surface area contributed by atoms with Crippen molar-refractivity contribution in [2.45, 2.75) is 11.3 Å². The summed E-state index contributed by atoms with van der Waals surface area (Å²) in [4.78, 5) is 21.8. The molecule has 0 atom stereocenters. The van der Waals surface area contributed by atoms with Crippen LogP contribution in [0.5, 0.6) is 0 Å². The number of carbonyl (C=O) groups excluding carboxylic acids is 2. The second kappa shape index (κ2) is 6.07. The summed E-state index contributed by atoms with van der Waals surface area (Å²) in [5.74, 6) is -0.992. The monoisotopic (exact) mass is 341 g/mol. The van der Waals surface area contributed by atoms with Crippen molar-refractivity contribution in [1.82, 2.24) is 10.2 Å². The van der Waals surface area contributed by atoms with Gasteiger partial charge in [-0.05, 0) is 24.3 Å². The molecular weight excluding hydrogens is 330 g/mol. The van der Waals surface area contributed by atoms with Crippen LogP contribution in [-0.2, 0) is 14.8 Å². The summed E-state index contributed by atoms with van der Waals surface area (Å²) in [6, 6.07) is 5.58. The number of nitrogens with two attached hydrogens (primary N) is 1. The van der Waals surface area contributed by atoms with Crippen LogP contribution in [-0.4, -0.2) is 30.4 Å². The van der Waals surface area contributed by atoms with E-state index in [4.69, 9.17) is 5.73 Å². The molecule has 1 heterocycles. The van der Waals surface area contributed by atoms with Crippen molar-refractivity contribution >= 4 is 44.0 Å². The molecule has 0 spiro atoms. The molecule has 0 unspecified atom stereocenters. The molecular formula is C11H11N5O4S2. The number of aromatic nitrogens is 2. The van der Waals surface area contributed by atoms with Gasteiger partial charge in [0.05, 0.1) is 0 Å². The highest BCUT2D eigenvalue weighted by atomic mass is 32.2. The number of rotatable bonds is 5. The fraction of sp³-hybridized carbons (Fsp3) is 0.0909. The first-order valence-corrected chi connectivity index (χ1v) is 8.11. The first-order valence-electron chi connectivity index (χ1n) is 5.82. The number of nitrogens with one attached hydrogen (secondary N) is 2. The van der Waals surface area contributed by atoms with Gasteiger partial charge in [-0.1, -0.05) is 11.3 Å². The Labute approximate surface area is 129 Å². The minimum atomic E-state index is -3.93. The average Bonchev–Trinajstić information content (AvgIpc) is 2.87. The van der Waals surface area contributed by atoms with Crippen LogP contribution in [0, 0.1) is 0 Å². The number of amides is 2. The predicted molar refractivity (Wildman–Crippen MR) is 80.0 cm³/mol.